The summed E-state index contributed by atoms with van der Waals surface area (Å²) in [6.45, 7) is 2.57. The molecule has 106 valence electrons. The summed E-state index contributed by atoms with van der Waals surface area (Å²) in [6.07, 6.45) is 5.16. The molecule has 2 saturated heterocycles. The number of aromatic nitrogens is 1. The van der Waals surface area contributed by atoms with Crippen LogP contribution in [0, 0.1) is 5.41 Å². The van der Waals surface area contributed by atoms with Crippen molar-refractivity contribution in [2.75, 3.05) is 29.9 Å². The number of rotatable bonds is 3. The third-order valence-electron chi connectivity index (χ3n) is 3.69. The fraction of sp³-hybridized carbons (Fsp3) is 0.429. The highest BCUT2D eigenvalue weighted by Gasteiger charge is 2.22. The SMILES string of the molecule is N=C1CNC(O)/C1=C/Nc1ccc(N2CCCC2)nc1. The molecule has 1 aromatic heterocycles. The molecule has 0 aromatic carbocycles. The summed E-state index contributed by atoms with van der Waals surface area (Å²) in [5.74, 6) is 1.01. The van der Waals surface area contributed by atoms with Crippen molar-refractivity contribution < 1.29 is 5.11 Å². The van der Waals surface area contributed by atoms with Crippen LogP contribution in [0.5, 0.6) is 0 Å². The van der Waals surface area contributed by atoms with Gasteiger partial charge in [-0.3, -0.25) is 5.32 Å². The second kappa shape index (κ2) is 5.60. The molecule has 6 heteroatoms. The Bertz CT molecular complexity index is 519. The lowest BCUT2D eigenvalue weighted by atomic mass is 10.2. The van der Waals surface area contributed by atoms with Gasteiger partial charge in [-0.25, -0.2) is 4.98 Å². The van der Waals surface area contributed by atoms with Crippen LogP contribution in [0.4, 0.5) is 11.5 Å². The maximum Gasteiger partial charge on any atom is 0.134 e. The summed E-state index contributed by atoms with van der Waals surface area (Å²) >= 11 is 0. The predicted octanol–water partition coefficient (Wildman–Crippen LogP) is 0.919. The molecule has 2 aliphatic rings. The van der Waals surface area contributed by atoms with E-state index in [1.54, 1.807) is 12.4 Å². The zero-order valence-corrected chi connectivity index (χ0v) is 11.3. The molecule has 0 radical (unpaired) electrons. The van der Waals surface area contributed by atoms with Gasteiger partial charge in [0.2, 0.25) is 0 Å². The number of nitrogens with one attached hydrogen (secondary N) is 3. The third-order valence-corrected chi connectivity index (χ3v) is 3.69. The molecule has 0 spiro atoms. The first-order valence-electron chi connectivity index (χ1n) is 6.91. The molecule has 0 aliphatic carbocycles. The van der Waals surface area contributed by atoms with Crippen LogP contribution in [0.25, 0.3) is 0 Å². The van der Waals surface area contributed by atoms with E-state index < -0.39 is 6.23 Å². The van der Waals surface area contributed by atoms with Gasteiger partial charge in [-0.2, -0.15) is 0 Å². The highest BCUT2D eigenvalue weighted by Crippen LogP contribution is 2.19. The molecule has 3 rings (SSSR count). The molecule has 1 atom stereocenters. The molecule has 4 N–H and O–H groups in total. The standard InChI is InChI=1S/C14H19N5O/c15-12-9-18-14(20)11(12)8-16-10-3-4-13(17-7-10)19-5-1-2-6-19/h3-4,7-8,14-16,18,20H,1-2,5-6,9H2/b11-8+,15-12?. The Morgan fingerprint density at radius 3 is 2.80 bits per heavy atom. The Labute approximate surface area is 118 Å². The second-order valence-electron chi connectivity index (χ2n) is 5.11. The van der Waals surface area contributed by atoms with Gasteiger partial charge in [0.05, 0.1) is 17.6 Å². The fourth-order valence-corrected chi connectivity index (χ4v) is 2.51. The van der Waals surface area contributed by atoms with E-state index in [-0.39, 0.29) is 0 Å². The molecule has 2 aliphatic heterocycles. The summed E-state index contributed by atoms with van der Waals surface area (Å²) < 4.78 is 0. The van der Waals surface area contributed by atoms with Gasteiger partial charge in [0.15, 0.2) is 0 Å². The molecule has 0 saturated carbocycles. The number of nitrogens with zero attached hydrogens (tertiary/aromatic N) is 2. The maximum absolute atomic E-state index is 9.64. The van der Waals surface area contributed by atoms with Crippen LogP contribution in [-0.4, -0.2) is 41.7 Å². The Kier molecular flexibility index (Phi) is 3.66. The van der Waals surface area contributed by atoms with Crippen LogP contribution in [0.3, 0.4) is 0 Å². The van der Waals surface area contributed by atoms with E-state index >= 15 is 0 Å². The number of anilines is 2. The summed E-state index contributed by atoms with van der Waals surface area (Å²) in [5, 5.41) is 23.2. The maximum atomic E-state index is 9.64. The first-order valence-corrected chi connectivity index (χ1v) is 6.91. The lowest BCUT2D eigenvalue weighted by Gasteiger charge is -2.16. The van der Waals surface area contributed by atoms with E-state index in [4.69, 9.17) is 5.41 Å². The van der Waals surface area contributed by atoms with Gasteiger partial charge < -0.3 is 20.7 Å². The lowest BCUT2D eigenvalue weighted by molar-refractivity contribution is 0.195. The van der Waals surface area contributed by atoms with Gasteiger partial charge in [-0.05, 0) is 25.0 Å². The van der Waals surface area contributed by atoms with Gasteiger partial charge in [0, 0.05) is 31.4 Å². The number of aliphatic hydroxyl groups excluding tert-OH is 1. The second-order valence-corrected chi connectivity index (χ2v) is 5.11. The minimum atomic E-state index is -0.758. The van der Waals surface area contributed by atoms with Crippen LogP contribution in [-0.2, 0) is 0 Å². The van der Waals surface area contributed by atoms with Gasteiger partial charge in [0.25, 0.3) is 0 Å². The topological polar surface area (TPSA) is 84.3 Å². The first-order chi connectivity index (χ1) is 9.74. The normalized spacial score (nSPS) is 24.6. The van der Waals surface area contributed by atoms with Crippen molar-refractivity contribution in [1.82, 2.24) is 10.3 Å². The third kappa shape index (κ3) is 2.66. The van der Waals surface area contributed by atoms with Crippen molar-refractivity contribution in [2.24, 2.45) is 0 Å². The smallest absolute Gasteiger partial charge is 0.134 e. The molecule has 1 unspecified atom stereocenters. The van der Waals surface area contributed by atoms with Crippen molar-refractivity contribution in [3.05, 3.63) is 30.1 Å². The van der Waals surface area contributed by atoms with E-state index in [0.717, 1.165) is 24.6 Å². The summed E-state index contributed by atoms with van der Waals surface area (Å²) in [6, 6.07) is 3.97. The van der Waals surface area contributed by atoms with Gasteiger partial charge in [-0.1, -0.05) is 0 Å². The average Bonchev–Trinajstić information content (AvgIpc) is 3.09. The Morgan fingerprint density at radius 2 is 2.20 bits per heavy atom. The molecule has 2 fully saturated rings. The Balaban J connectivity index is 1.66. The minimum absolute atomic E-state index is 0.404. The number of hydrogen-bond donors (Lipinski definition) is 4. The zero-order chi connectivity index (χ0) is 13.9. The molecule has 3 heterocycles. The molecule has 1 aromatic rings. The highest BCUT2D eigenvalue weighted by atomic mass is 16.3. The summed E-state index contributed by atoms with van der Waals surface area (Å²) in [4.78, 5) is 6.73. The Hall–Kier alpha value is -1.92. The van der Waals surface area contributed by atoms with Crippen LogP contribution >= 0.6 is 0 Å². The van der Waals surface area contributed by atoms with Gasteiger partial charge in [-0.15, -0.1) is 0 Å². The van der Waals surface area contributed by atoms with E-state index in [2.05, 4.69) is 20.5 Å². The largest absolute Gasteiger partial charge is 0.374 e. The Morgan fingerprint density at radius 1 is 1.40 bits per heavy atom. The lowest BCUT2D eigenvalue weighted by Crippen LogP contribution is -2.21. The van der Waals surface area contributed by atoms with E-state index in [9.17, 15) is 5.11 Å². The highest BCUT2D eigenvalue weighted by molar-refractivity contribution is 6.02. The first kappa shape index (κ1) is 13.1. The predicted molar refractivity (Wildman–Crippen MR) is 79.1 cm³/mol. The molecule has 0 bridgehead atoms. The van der Waals surface area contributed by atoms with Gasteiger partial charge >= 0.3 is 0 Å². The summed E-state index contributed by atoms with van der Waals surface area (Å²) in [5.41, 5.74) is 1.84. The molecular formula is C14H19N5O. The van der Waals surface area contributed by atoms with Crippen molar-refractivity contribution in [2.45, 2.75) is 19.1 Å². The van der Waals surface area contributed by atoms with Crippen LogP contribution in [0.1, 0.15) is 12.8 Å². The number of aliphatic hydroxyl groups is 1. The summed E-state index contributed by atoms with van der Waals surface area (Å²) in [7, 11) is 0. The number of hydrogen-bond acceptors (Lipinski definition) is 6. The average molecular weight is 273 g/mol. The van der Waals surface area contributed by atoms with E-state index in [1.807, 2.05) is 12.1 Å². The van der Waals surface area contributed by atoms with E-state index in [1.165, 1.54) is 12.8 Å². The molecule has 20 heavy (non-hydrogen) atoms. The van der Waals surface area contributed by atoms with Crippen molar-refractivity contribution in [1.29, 1.82) is 5.41 Å². The molecule has 0 amide bonds. The minimum Gasteiger partial charge on any atom is -0.374 e. The quantitative estimate of drug-likeness (QED) is 0.658. The fourth-order valence-electron chi connectivity index (χ4n) is 2.51. The molecule has 6 nitrogen and oxygen atoms in total. The van der Waals surface area contributed by atoms with Crippen LogP contribution < -0.4 is 15.5 Å². The van der Waals surface area contributed by atoms with Crippen LogP contribution in [0.2, 0.25) is 0 Å². The van der Waals surface area contributed by atoms with Crippen molar-refractivity contribution in [3.8, 4) is 0 Å². The van der Waals surface area contributed by atoms with Crippen molar-refractivity contribution >= 4 is 17.2 Å². The monoisotopic (exact) mass is 273 g/mol. The van der Waals surface area contributed by atoms with E-state index in [0.29, 0.717) is 17.8 Å². The number of pyridine rings is 1. The van der Waals surface area contributed by atoms with Gasteiger partial charge in [0.1, 0.15) is 12.0 Å². The zero-order valence-electron chi connectivity index (χ0n) is 11.3. The molecular weight excluding hydrogens is 254 g/mol. The van der Waals surface area contributed by atoms with Crippen molar-refractivity contribution in [3.63, 3.8) is 0 Å². The van der Waals surface area contributed by atoms with Crippen LogP contribution in [0.15, 0.2) is 30.1 Å².